The number of carbonyl (C=O) groups is 7. The van der Waals surface area contributed by atoms with Crippen molar-refractivity contribution >= 4 is 41.0 Å². The predicted octanol–water partition coefficient (Wildman–Crippen LogP) is 5.68. The highest BCUT2D eigenvalue weighted by molar-refractivity contribution is 6.38. The van der Waals surface area contributed by atoms with E-state index in [0.717, 1.165) is 48.6 Å². The van der Waals surface area contributed by atoms with Gasteiger partial charge in [0.05, 0.1) is 17.7 Å². The van der Waals surface area contributed by atoms with E-state index in [1.165, 1.54) is 4.90 Å². The Morgan fingerprint density at radius 1 is 0.914 bits per heavy atom. The van der Waals surface area contributed by atoms with E-state index in [-0.39, 0.29) is 31.7 Å². The first-order chi connectivity index (χ1) is 27.3. The first kappa shape index (κ1) is 45.8. The Kier molecular flexibility index (Phi) is 16.0. The summed E-state index contributed by atoms with van der Waals surface area (Å²) in [5.41, 5.74) is 6.35. The molecule has 0 radical (unpaired) electrons. The lowest BCUT2D eigenvalue weighted by Crippen LogP contribution is -2.55. The number of likely N-dealkylation sites (tertiary alicyclic amines) is 1. The smallest absolute Gasteiger partial charge is 0.257 e. The van der Waals surface area contributed by atoms with Crippen LogP contribution in [0, 0.1) is 37.3 Å². The molecule has 4 amide bonds. The fourth-order valence-electron chi connectivity index (χ4n) is 8.25. The lowest BCUT2D eigenvalue weighted by molar-refractivity contribution is -0.143. The number of amides is 4. The second-order valence-corrected chi connectivity index (χ2v) is 16.8. The maximum atomic E-state index is 14.7. The molecule has 1 saturated carbocycles. The molecule has 0 bridgehead atoms. The number of carbonyl (C=O) groups excluding carboxylic acids is 7. The van der Waals surface area contributed by atoms with E-state index in [0.29, 0.717) is 24.8 Å². The highest BCUT2D eigenvalue weighted by Crippen LogP contribution is 2.33. The molecule has 1 saturated heterocycles. The maximum absolute atomic E-state index is 14.7. The van der Waals surface area contributed by atoms with Crippen molar-refractivity contribution in [1.82, 2.24) is 15.5 Å². The van der Waals surface area contributed by atoms with Crippen LogP contribution in [0.25, 0.3) is 0 Å². The number of ether oxygens (including phenoxy) is 1. The van der Waals surface area contributed by atoms with Gasteiger partial charge in [-0.2, -0.15) is 0 Å². The topological polar surface area (TPSA) is 182 Å². The molecule has 0 aromatic heterocycles. The Morgan fingerprint density at radius 3 is 2.10 bits per heavy atom. The van der Waals surface area contributed by atoms with Crippen LogP contribution in [0.2, 0.25) is 0 Å². The Hall–Kier alpha value is -4.85. The summed E-state index contributed by atoms with van der Waals surface area (Å²) in [7, 11) is 0. The number of hydrogen-bond donors (Lipinski definition) is 3. The molecule has 4 rings (SSSR count). The Bertz CT molecular complexity index is 1830. The molecular formula is C44H58F2N4O8. The highest BCUT2D eigenvalue weighted by Gasteiger charge is 2.46. The number of benzene rings is 2. The zero-order chi connectivity index (χ0) is 42.9. The number of aryl methyl sites for hydroxylation is 2. The van der Waals surface area contributed by atoms with Gasteiger partial charge in [0.1, 0.15) is 29.3 Å². The van der Waals surface area contributed by atoms with Gasteiger partial charge in [0, 0.05) is 38.1 Å². The molecule has 1 aliphatic carbocycles. The van der Waals surface area contributed by atoms with Crippen molar-refractivity contribution in [3.8, 4) is 0 Å². The minimum Gasteiger partial charge on any atom is -0.371 e. The van der Waals surface area contributed by atoms with Crippen LogP contribution < -0.4 is 16.4 Å². The summed E-state index contributed by atoms with van der Waals surface area (Å²) >= 11 is 0. The van der Waals surface area contributed by atoms with Gasteiger partial charge < -0.3 is 26.0 Å². The second kappa shape index (κ2) is 20.2. The average Bonchev–Trinajstić information content (AvgIpc) is 3.56. The van der Waals surface area contributed by atoms with E-state index in [4.69, 9.17) is 10.5 Å². The van der Waals surface area contributed by atoms with Crippen molar-refractivity contribution < 1.29 is 47.1 Å². The van der Waals surface area contributed by atoms with Crippen molar-refractivity contribution in [2.45, 2.75) is 142 Å². The van der Waals surface area contributed by atoms with Crippen LogP contribution in [0.1, 0.15) is 131 Å². The molecule has 2 aliphatic rings. The summed E-state index contributed by atoms with van der Waals surface area (Å²) in [5, 5.41) is 5.17. The van der Waals surface area contributed by atoms with Crippen molar-refractivity contribution in [2.24, 2.45) is 17.6 Å². The number of ketones is 3. The lowest BCUT2D eigenvalue weighted by Gasteiger charge is -2.35. The Balaban J connectivity index is 1.51. The Labute approximate surface area is 339 Å². The average molecular weight is 809 g/mol. The molecular weight excluding hydrogens is 750 g/mol. The molecule has 0 spiro atoms. The first-order valence-corrected chi connectivity index (χ1v) is 20.3. The van der Waals surface area contributed by atoms with Gasteiger partial charge in [-0.3, -0.25) is 33.6 Å². The number of nitrogens with two attached hydrogens (primary N) is 1. The zero-order valence-electron chi connectivity index (χ0n) is 34.5. The van der Waals surface area contributed by atoms with Gasteiger partial charge in [0.2, 0.25) is 23.5 Å². The van der Waals surface area contributed by atoms with Gasteiger partial charge in [0.25, 0.3) is 5.91 Å². The maximum Gasteiger partial charge on any atom is 0.257 e. The zero-order valence-corrected chi connectivity index (χ0v) is 34.5. The molecule has 1 heterocycles. The van der Waals surface area contributed by atoms with Crippen molar-refractivity contribution in [3.63, 3.8) is 0 Å². The summed E-state index contributed by atoms with van der Waals surface area (Å²) in [6, 6.07) is 4.99. The van der Waals surface area contributed by atoms with E-state index in [2.05, 4.69) is 10.6 Å². The summed E-state index contributed by atoms with van der Waals surface area (Å²) in [6.07, 6.45) is 2.59. The molecule has 2 fully saturated rings. The first-order valence-electron chi connectivity index (χ1n) is 20.3. The quantitative estimate of drug-likeness (QED) is 0.161. The summed E-state index contributed by atoms with van der Waals surface area (Å²) in [4.78, 5) is 95.6. The van der Waals surface area contributed by atoms with Crippen LogP contribution in [-0.4, -0.2) is 76.2 Å². The fraction of sp³-hybridized carbons (Fsp3) is 0.568. The molecule has 12 nitrogen and oxygen atoms in total. The Morgan fingerprint density at radius 2 is 1.53 bits per heavy atom. The van der Waals surface area contributed by atoms with Gasteiger partial charge in [-0.25, -0.2) is 8.78 Å². The van der Waals surface area contributed by atoms with E-state index in [1.807, 2.05) is 40.7 Å². The fourth-order valence-corrected chi connectivity index (χ4v) is 8.25. The van der Waals surface area contributed by atoms with E-state index in [1.54, 1.807) is 19.1 Å². The summed E-state index contributed by atoms with van der Waals surface area (Å²) in [6.45, 7) is 11.0. The molecule has 4 N–H and O–H groups in total. The number of halogens is 2. The highest BCUT2D eigenvalue weighted by atomic mass is 19.1. The summed E-state index contributed by atoms with van der Waals surface area (Å²) < 4.78 is 35.6. The van der Waals surface area contributed by atoms with Gasteiger partial charge in [-0.05, 0) is 77.5 Å². The van der Waals surface area contributed by atoms with E-state index < -0.39 is 107 Å². The number of nitrogens with one attached hydrogen (secondary N) is 2. The standard InChI is InChI=1S/C44H58F2N4O8/c1-7-12-28(40(54)34(51)17-18-36(53)48-38(41(47)55)29-20-25(2)19-26(3)21-29)22-35(52)33-23-30(58-44(4,5)6)24-50(33)43(57)39(27-13-9-8-10-14-27)49-42(56)37-31(45)15-11-16-32(37)46/h11,15-16,19-21,27-28,30,33,38-39H,7-10,12-14,17-18,22-24H2,1-6H3,(H2,47,55)(H,48,53)(H,49,56)/t28?,30-,33+,38?,39+/m1/s1. The molecule has 1 aliphatic heterocycles. The number of nitrogens with zero attached hydrogens (tertiary/aromatic N) is 1. The lowest BCUT2D eigenvalue weighted by atomic mass is 9.82. The SMILES string of the molecule is CCCC(CC(=O)[C@@H]1C[C@@H](OC(C)(C)C)CN1C(=O)[C@@H](NC(=O)c1c(F)cccc1F)C1CCCCC1)C(=O)C(=O)CCC(=O)NC(C(N)=O)c1cc(C)cc(C)c1. The number of rotatable bonds is 18. The van der Waals surface area contributed by atoms with Crippen molar-refractivity contribution in [2.75, 3.05) is 6.54 Å². The van der Waals surface area contributed by atoms with Crippen LogP contribution in [-0.2, 0) is 33.5 Å². The van der Waals surface area contributed by atoms with Crippen molar-refractivity contribution in [1.29, 1.82) is 0 Å². The van der Waals surface area contributed by atoms with Crippen molar-refractivity contribution in [3.05, 3.63) is 70.3 Å². The van der Waals surface area contributed by atoms with E-state index >= 15 is 0 Å². The molecule has 14 heteroatoms. The monoisotopic (exact) mass is 808 g/mol. The molecule has 58 heavy (non-hydrogen) atoms. The number of primary amides is 1. The largest absolute Gasteiger partial charge is 0.371 e. The molecule has 2 unspecified atom stereocenters. The second-order valence-electron chi connectivity index (χ2n) is 16.8. The third kappa shape index (κ3) is 12.3. The minimum absolute atomic E-state index is 0.00545. The van der Waals surface area contributed by atoms with Crippen LogP contribution in [0.4, 0.5) is 8.78 Å². The minimum atomic E-state index is -1.19. The van der Waals surface area contributed by atoms with Crippen LogP contribution in [0.15, 0.2) is 36.4 Å². The van der Waals surface area contributed by atoms with Gasteiger partial charge in [0.15, 0.2) is 11.6 Å². The van der Waals surface area contributed by atoms with Gasteiger partial charge >= 0.3 is 0 Å². The molecule has 2 aromatic carbocycles. The third-order valence-corrected chi connectivity index (χ3v) is 10.8. The third-order valence-electron chi connectivity index (χ3n) is 10.8. The molecule has 2 aromatic rings. The normalized spacial score (nSPS) is 18.9. The van der Waals surface area contributed by atoms with Crippen LogP contribution >= 0.6 is 0 Å². The van der Waals surface area contributed by atoms with Gasteiger partial charge in [-0.15, -0.1) is 0 Å². The van der Waals surface area contributed by atoms with Crippen LogP contribution in [0.3, 0.4) is 0 Å². The van der Waals surface area contributed by atoms with E-state index in [9.17, 15) is 42.3 Å². The van der Waals surface area contributed by atoms with Crippen LogP contribution in [0.5, 0.6) is 0 Å². The number of Topliss-reactive ketones (excluding diaryl/α,β-unsaturated/α-hetero) is 3. The van der Waals surface area contributed by atoms with Gasteiger partial charge in [-0.1, -0.05) is 68.0 Å². The number of hydrogen-bond acceptors (Lipinski definition) is 8. The molecule has 5 atom stereocenters. The molecule has 316 valence electrons. The predicted molar refractivity (Wildman–Crippen MR) is 212 cm³/mol. The summed E-state index contributed by atoms with van der Waals surface area (Å²) in [5.74, 6) is -8.80.